The van der Waals surface area contributed by atoms with Gasteiger partial charge in [0.2, 0.25) is 0 Å². The summed E-state index contributed by atoms with van der Waals surface area (Å²) < 4.78 is 42.9. The number of allylic oxidation sites excluding steroid dienone is 1. The summed E-state index contributed by atoms with van der Waals surface area (Å²) in [6.45, 7) is 9.54. The molecule has 24 heavy (non-hydrogen) atoms. The predicted molar refractivity (Wildman–Crippen MR) is 80.6 cm³/mol. The Bertz CT molecular complexity index is 580. The number of ether oxygens (including phenoxy) is 1. The SMILES string of the molecule is [CH-]=C(F)/C=N\C(C)Oc1ccc(C)[c-]c1C=NC(C)C(F)F.[K+].[K+]. The fourth-order valence-corrected chi connectivity index (χ4v) is 1.45. The van der Waals surface area contributed by atoms with E-state index in [9.17, 15) is 13.2 Å². The average Bonchev–Trinajstić information content (AvgIpc) is 2.44. The summed E-state index contributed by atoms with van der Waals surface area (Å²) in [7, 11) is 0. The van der Waals surface area contributed by atoms with Crippen molar-refractivity contribution in [1.29, 1.82) is 0 Å². The van der Waals surface area contributed by atoms with Crippen LogP contribution in [0.3, 0.4) is 0 Å². The molecule has 0 N–H and O–H groups in total. The van der Waals surface area contributed by atoms with Gasteiger partial charge in [-0.05, 0) is 25.9 Å². The zero-order valence-corrected chi connectivity index (χ0v) is 20.8. The first-order valence-corrected chi connectivity index (χ1v) is 6.61. The van der Waals surface area contributed by atoms with Gasteiger partial charge in [0, 0.05) is 5.75 Å². The average molecular weight is 389 g/mol. The minimum atomic E-state index is -2.54. The molecule has 0 aliphatic heterocycles. The number of halogens is 3. The Morgan fingerprint density at radius 2 is 1.88 bits per heavy atom. The molecule has 1 aromatic rings. The summed E-state index contributed by atoms with van der Waals surface area (Å²) in [5, 5.41) is 0. The standard InChI is InChI=1S/C16H17F3N2O.2K/c1-10-5-6-15(22-13(4)21-8-11(2)17)14(7-10)9-20-12(3)16(18)19;;/h2,5-6,8-9,12-13,16H,1,3-4H3;;/q-2;2*+1/b20-9?,21-8-;;. The third kappa shape index (κ3) is 11.0. The fourth-order valence-electron chi connectivity index (χ4n) is 1.45. The van der Waals surface area contributed by atoms with Crippen LogP contribution in [0.25, 0.3) is 0 Å². The Morgan fingerprint density at radius 1 is 1.25 bits per heavy atom. The van der Waals surface area contributed by atoms with Gasteiger partial charge >= 0.3 is 103 Å². The van der Waals surface area contributed by atoms with Crippen molar-refractivity contribution in [2.45, 2.75) is 39.5 Å². The van der Waals surface area contributed by atoms with Gasteiger partial charge in [-0.1, -0.05) is 18.7 Å². The van der Waals surface area contributed by atoms with E-state index in [0.717, 1.165) is 11.8 Å². The van der Waals surface area contributed by atoms with Crippen LogP contribution in [-0.4, -0.2) is 31.1 Å². The Labute approximate surface area is 226 Å². The molecule has 1 aromatic carbocycles. The van der Waals surface area contributed by atoms with Crippen LogP contribution in [-0.2, 0) is 0 Å². The van der Waals surface area contributed by atoms with E-state index in [1.54, 1.807) is 26.0 Å². The van der Waals surface area contributed by atoms with Gasteiger partial charge in [0.25, 0.3) is 6.43 Å². The van der Waals surface area contributed by atoms with Crippen molar-refractivity contribution in [1.82, 2.24) is 0 Å². The van der Waals surface area contributed by atoms with Crippen LogP contribution in [0, 0.1) is 19.6 Å². The molecule has 0 amide bonds. The van der Waals surface area contributed by atoms with Gasteiger partial charge in [-0.3, -0.25) is 6.58 Å². The molecule has 1 rings (SSSR count). The van der Waals surface area contributed by atoms with Gasteiger partial charge in [0.05, 0.1) is 6.04 Å². The van der Waals surface area contributed by atoms with Crippen molar-refractivity contribution in [3.05, 3.63) is 41.7 Å². The van der Waals surface area contributed by atoms with Gasteiger partial charge in [-0.2, -0.15) is 0 Å². The zero-order valence-electron chi connectivity index (χ0n) is 14.6. The van der Waals surface area contributed by atoms with E-state index in [4.69, 9.17) is 11.3 Å². The summed E-state index contributed by atoms with van der Waals surface area (Å²) >= 11 is 0. The summed E-state index contributed by atoms with van der Waals surface area (Å²) in [5.41, 5.74) is 1.22. The van der Waals surface area contributed by atoms with Crippen molar-refractivity contribution in [3.63, 3.8) is 0 Å². The zero-order chi connectivity index (χ0) is 16.7. The molecule has 0 radical (unpaired) electrons. The largest absolute Gasteiger partial charge is 1.00 e. The number of hydrogen-bond acceptors (Lipinski definition) is 3. The first kappa shape index (κ1) is 27.4. The van der Waals surface area contributed by atoms with Crippen LogP contribution >= 0.6 is 0 Å². The Balaban J connectivity index is 0. The molecule has 0 aliphatic carbocycles. The van der Waals surface area contributed by atoms with Crippen molar-refractivity contribution >= 4 is 12.4 Å². The van der Waals surface area contributed by atoms with Gasteiger partial charge in [0.1, 0.15) is 0 Å². The van der Waals surface area contributed by atoms with E-state index in [1.807, 2.05) is 0 Å². The van der Waals surface area contributed by atoms with Gasteiger partial charge in [0.15, 0.2) is 6.23 Å². The Kier molecular flexibility index (Phi) is 16.3. The van der Waals surface area contributed by atoms with Crippen LogP contribution in [0.1, 0.15) is 25.0 Å². The number of aryl methyl sites for hydroxylation is 1. The van der Waals surface area contributed by atoms with E-state index in [-0.39, 0.29) is 103 Å². The van der Waals surface area contributed by atoms with E-state index in [2.05, 4.69) is 16.1 Å². The molecule has 0 aliphatic rings. The van der Waals surface area contributed by atoms with Crippen LogP contribution in [0.4, 0.5) is 13.2 Å². The fraction of sp³-hybridized carbons (Fsp3) is 0.375. The molecule has 0 spiro atoms. The second kappa shape index (κ2) is 14.2. The van der Waals surface area contributed by atoms with E-state index in [0.29, 0.717) is 11.3 Å². The van der Waals surface area contributed by atoms with Gasteiger partial charge in [-0.25, -0.2) is 13.2 Å². The molecule has 0 bridgehead atoms. The van der Waals surface area contributed by atoms with Crippen LogP contribution in [0.15, 0.2) is 27.9 Å². The molecule has 120 valence electrons. The minimum Gasteiger partial charge on any atom is -0.516 e. The Morgan fingerprint density at radius 3 is 2.42 bits per heavy atom. The van der Waals surface area contributed by atoms with Crippen LogP contribution in [0.2, 0.25) is 0 Å². The van der Waals surface area contributed by atoms with Crippen LogP contribution < -0.4 is 108 Å². The molecule has 0 saturated heterocycles. The van der Waals surface area contributed by atoms with E-state index < -0.39 is 24.5 Å². The van der Waals surface area contributed by atoms with Crippen molar-refractivity contribution < 1.29 is 121 Å². The molecule has 0 fully saturated rings. The molecular formula is C16H17F3K2N2O. The normalized spacial score (nSPS) is 13.5. The number of benzene rings is 1. The molecule has 2 unspecified atom stereocenters. The first-order valence-electron chi connectivity index (χ1n) is 6.61. The van der Waals surface area contributed by atoms with Crippen molar-refractivity contribution in [3.8, 4) is 5.75 Å². The molecular weight excluding hydrogens is 371 g/mol. The summed E-state index contributed by atoms with van der Waals surface area (Å²) in [5.74, 6) is -0.573. The summed E-state index contributed by atoms with van der Waals surface area (Å²) in [6.07, 6.45) is -1.12. The smallest absolute Gasteiger partial charge is 0.516 e. The van der Waals surface area contributed by atoms with Crippen molar-refractivity contribution in [2.75, 3.05) is 0 Å². The minimum absolute atomic E-state index is 0. The number of aliphatic imine (C=N–C) groups is 2. The number of hydrogen-bond donors (Lipinski definition) is 0. The molecule has 0 heterocycles. The molecule has 0 aromatic heterocycles. The first-order chi connectivity index (χ1) is 10.3. The molecule has 2 atom stereocenters. The number of alkyl halides is 2. The Hall–Kier alpha value is 1.16. The third-order valence-electron chi connectivity index (χ3n) is 2.59. The van der Waals surface area contributed by atoms with Crippen molar-refractivity contribution in [2.24, 2.45) is 9.98 Å². The second-order valence-electron chi connectivity index (χ2n) is 4.65. The summed E-state index contributed by atoms with van der Waals surface area (Å²) in [4.78, 5) is 7.51. The molecule has 8 heteroatoms. The maximum absolute atomic E-state index is 12.5. The maximum Gasteiger partial charge on any atom is 1.00 e. The predicted octanol–water partition coefficient (Wildman–Crippen LogP) is -2.04. The molecule has 0 saturated carbocycles. The third-order valence-corrected chi connectivity index (χ3v) is 2.59. The van der Waals surface area contributed by atoms with Crippen LogP contribution in [0.5, 0.6) is 5.75 Å². The quantitative estimate of drug-likeness (QED) is 0.301. The maximum atomic E-state index is 12.5. The number of rotatable bonds is 7. The van der Waals surface area contributed by atoms with Gasteiger partial charge in [-0.15, -0.1) is 23.8 Å². The number of nitrogens with zero attached hydrogens (tertiary/aromatic N) is 2. The van der Waals surface area contributed by atoms with E-state index in [1.165, 1.54) is 13.1 Å². The van der Waals surface area contributed by atoms with Gasteiger partial charge < -0.3 is 14.7 Å². The molecule has 3 nitrogen and oxygen atoms in total. The van der Waals surface area contributed by atoms with E-state index >= 15 is 0 Å². The topological polar surface area (TPSA) is 34.0 Å². The monoisotopic (exact) mass is 388 g/mol. The summed E-state index contributed by atoms with van der Waals surface area (Å²) in [6, 6.07) is 5.23. The second-order valence-corrected chi connectivity index (χ2v) is 4.65.